The Morgan fingerprint density at radius 3 is 2.60 bits per heavy atom. The maximum Gasteiger partial charge on any atom is 0.0497 e. The summed E-state index contributed by atoms with van der Waals surface area (Å²) in [4.78, 5) is 0. The van der Waals surface area contributed by atoms with Gasteiger partial charge >= 0.3 is 0 Å². The molecule has 0 radical (unpaired) electrons. The summed E-state index contributed by atoms with van der Waals surface area (Å²) in [6.07, 6.45) is 0. The molecule has 0 saturated carbocycles. The Balaban J connectivity index is 2.54. The van der Waals surface area contributed by atoms with Gasteiger partial charge in [0.25, 0.3) is 0 Å². The molecule has 2 aromatic rings. The molecule has 2 rings (SSSR count). The zero-order chi connectivity index (χ0) is 10.8. The van der Waals surface area contributed by atoms with E-state index in [1.54, 1.807) is 0 Å². The van der Waals surface area contributed by atoms with E-state index in [0.717, 1.165) is 4.47 Å². The molecule has 2 heteroatoms. The highest BCUT2D eigenvalue weighted by atomic mass is 79.9. The van der Waals surface area contributed by atoms with Gasteiger partial charge in [0.15, 0.2) is 0 Å². The molecule has 0 saturated heterocycles. The lowest BCUT2D eigenvalue weighted by atomic mass is 9.99. The summed E-state index contributed by atoms with van der Waals surface area (Å²) in [5.74, 6) is 0.202. The summed E-state index contributed by atoms with van der Waals surface area (Å²) in [6, 6.07) is 12.6. The zero-order valence-corrected chi connectivity index (χ0v) is 10.2. The molecule has 0 heterocycles. The Labute approximate surface area is 97.9 Å². The van der Waals surface area contributed by atoms with Gasteiger partial charge in [-0.3, -0.25) is 0 Å². The van der Waals surface area contributed by atoms with E-state index in [1.807, 2.05) is 13.0 Å². The topological polar surface area (TPSA) is 20.2 Å². The molecule has 0 amide bonds. The highest BCUT2D eigenvalue weighted by molar-refractivity contribution is 9.10. The van der Waals surface area contributed by atoms with Crippen LogP contribution in [-0.4, -0.2) is 11.7 Å². The Bertz CT molecular complexity index is 479. The van der Waals surface area contributed by atoms with Crippen LogP contribution in [0.15, 0.2) is 40.9 Å². The van der Waals surface area contributed by atoms with Crippen molar-refractivity contribution >= 4 is 26.7 Å². The number of hydrogen-bond acceptors (Lipinski definition) is 1. The van der Waals surface area contributed by atoms with Gasteiger partial charge < -0.3 is 5.11 Å². The fourth-order valence-corrected chi connectivity index (χ4v) is 2.03. The summed E-state index contributed by atoms with van der Waals surface area (Å²) in [7, 11) is 0. The predicted molar refractivity (Wildman–Crippen MR) is 67.1 cm³/mol. The second-order valence-corrected chi connectivity index (χ2v) is 4.75. The first-order valence-corrected chi connectivity index (χ1v) is 5.80. The van der Waals surface area contributed by atoms with E-state index in [1.165, 1.54) is 16.3 Å². The molecule has 1 atom stereocenters. The number of halogens is 1. The van der Waals surface area contributed by atoms with Gasteiger partial charge in [-0.2, -0.15) is 0 Å². The molecule has 78 valence electrons. The van der Waals surface area contributed by atoms with Crippen LogP contribution in [0.2, 0.25) is 0 Å². The quantitative estimate of drug-likeness (QED) is 0.877. The Morgan fingerprint density at radius 2 is 1.87 bits per heavy atom. The predicted octanol–water partition coefficient (Wildman–Crippen LogP) is 3.70. The van der Waals surface area contributed by atoms with Crippen LogP contribution in [0.3, 0.4) is 0 Å². The number of fused-ring (bicyclic) bond motifs is 1. The highest BCUT2D eigenvalue weighted by Crippen LogP contribution is 2.24. The van der Waals surface area contributed by atoms with Crippen LogP contribution in [-0.2, 0) is 0 Å². The molecule has 0 spiro atoms. The first-order valence-electron chi connectivity index (χ1n) is 5.01. The van der Waals surface area contributed by atoms with Crippen molar-refractivity contribution < 1.29 is 5.11 Å². The van der Waals surface area contributed by atoms with Crippen LogP contribution in [0.25, 0.3) is 10.8 Å². The zero-order valence-electron chi connectivity index (χ0n) is 8.57. The average Bonchev–Trinajstić information content (AvgIpc) is 2.27. The number of rotatable bonds is 2. The second-order valence-electron chi connectivity index (χ2n) is 3.83. The Morgan fingerprint density at radius 1 is 1.13 bits per heavy atom. The summed E-state index contributed by atoms with van der Waals surface area (Å²) >= 11 is 3.46. The molecule has 1 nitrogen and oxygen atoms in total. The number of benzene rings is 2. The van der Waals surface area contributed by atoms with E-state index < -0.39 is 0 Å². The van der Waals surface area contributed by atoms with Gasteiger partial charge in [0, 0.05) is 17.0 Å². The third kappa shape index (κ3) is 2.21. The lowest BCUT2D eigenvalue weighted by molar-refractivity contribution is 0.273. The maximum absolute atomic E-state index is 9.11. The Kier molecular flexibility index (Phi) is 3.08. The monoisotopic (exact) mass is 264 g/mol. The van der Waals surface area contributed by atoms with Crippen LogP contribution in [0.1, 0.15) is 18.4 Å². The SMILES string of the molecule is CC(CO)c1ccc2ccc(Br)cc2c1. The van der Waals surface area contributed by atoms with Crippen LogP contribution in [0.4, 0.5) is 0 Å². The molecular weight excluding hydrogens is 252 g/mol. The fourth-order valence-electron chi connectivity index (χ4n) is 1.65. The van der Waals surface area contributed by atoms with Crippen molar-refractivity contribution in [1.82, 2.24) is 0 Å². The van der Waals surface area contributed by atoms with E-state index in [9.17, 15) is 0 Å². The normalized spacial score (nSPS) is 13.0. The molecule has 0 bridgehead atoms. The molecule has 0 aliphatic heterocycles. The van der Waals surface area contributed by atoms with Crippen molar-refractivity contribution in [3.8, 4) is 0 Å². The first kappa shape index (κ1) is 10.7. The molecule has 0 aromatic heterocycles. The van der Waals surface area contributed by atoms with Crippen LogP contribution < -0.4 is 0 Å². The van der Waals surface area contributed by atoms with E-state index in [0.29, 0.717) is 0 Å². The van der Waals surface area contributed by atoms with Gasteiger partial charge in [0.1, 0.15) is 0 Å². The van der Waals surface area contributed by atoms with Gasteiger partial charge in [0.2, 0.25) is 0 Å². The third-order valence-corrected chi connectivity index (χ3v) is 3.16. The van der Waals surface area contributed by atoms with Crippen LogP contribution in [0.5, 0.6) is 0 Å². The molecule has 1 N–H and O–H groups in total. The van der Waals surface area contributed by atoms with Crippen molar-refractivity contribution in [2.45, 2.75) is 12.8 Å². The summed E-state index contributed by atoms with van der Waals surface area (Å²) < 4.78 is 1.09. The van der Waals surface area contributed by atoms with E-state index in [4.69, 9.17) is 5.11 Å². The molecule has 2 aromatic carbocycles. The lowest BCUT2D eigenvalue weighted by Gasteiger charge is -2.09. The van der Waals surface area contributed by atoms with Gasteiger partial charge in [-0.25, -0.2) is 0 Å². The Hall–Kier alpha value is -0.860. The summed E-state index contributed by atoms with van der Waals surface area (Å²) in [5.41, 5.74) is 1.18. The van der Waals surface area contributed by atoms with Crippen LogP contribution >= 0.6 is 15.9 Å². The van der Waals surface area contributed by atoms with Crippen molar-refractivity contribution in [3.63, 3.8) is 0 Å². The number of aliphatic hydroxyl groups is 1. The maximum atomic E-state index is 9.11. The largest absolute Gasteiger partial charge is 0.396 e. The van der Waals surface area contributed by atoms with E-state index in [-0.39, 0.29) is 12.5 Å². The average molecular weight is 265 g/mol. The summed E-state index contributed by atoms with van der Waals surface area (Å²) in [5, 5.41) is 11.5. The van der Waals surface area contributed by atoms with E-state index in [2.05, 4.69) is 46.3 Å². The smallest absolute Gasteiger partial charge is 0.0497 e. The molecule has 15 heavy (non-hydrogen) atoms. The number of aliphatic hydroxyl groups excluding tert-OH is 1. The standard InChI is InChI=1S/C13H13BrO/c1-9(8-15)11-3-2-10-4-5-13(14)7-12(10)6-11/h2-7,9,15H,8H2,1H3. The molecule has 0 aliphatic rings. The van der Waals surface area contributed by atoms with Crippen molar-refractivity contribution in [2.75, 3.05) is 6.61 Å². The summed E-state index contributed by atoms with van der Waals surface area (Å²) in [6.45, 7) is 2.22. The number of hydrogen-bond donors (Lipinski definition) is 1. The van der Waals surface area contributed by atoms with Crippen molar-refractivity contribution in [2.24, 2.45) is 0 Å². The lowest BCUT2D eigenvalue weighted by Crippen LogP contribution is -1.98. The minimum absolute atomic E-state index is 0.194. The van der Waals surface area contributed by atoms with E-state index >= 15 is 0 Å². The fraction of sp³-hybridized carbons (Fsp3) is 0.231. The van der Waals surface area contributed by atoms with Crippen LogP contribution in [0, 0.1) is 0 Å². The van der Waals surface area contributed by atoms with Crippen molar-refractivity contribution in [1.29, 1.82) is 0 Å². The molecular formula is C13H13BrO. The molecule has 0 aliphatic carbocycles. The third-order valence-electron chi connectivity index (χ3n) is 2.67. The van der Waals surface area contributed by atoms with Crippen molar-refractivity contribution in [3.05, 3.63) is 46.4 Å². The minimum atomic E-state index is 0.194. The van der Waals surface area contributed by atoms with Gasteiger partial charge in [-0.05, 0) is 28.5 Å². The molecule has 0 fully saturated rings. The van der Waals surface area contributed by atoms with Gasteiger partial charge in [-0.15, -0.1) is 0 Å². The minimum Gasteiger partial charge on any atom is -0.396 e. The second kappa shape index (κ2) is 4.33. The van der Waals surface area contributed by atoms with Gasteiger partial charge in [-0.1, -0.05) is 47.1 Å². The molecule has 1 unspecified atom stereocenters. The van der Waals surface area contributed by atoms with Gasteiger partial charge in [0.05, 0.1) is 0 Å². The highest BCUT2D eigenvalue weighted by Gasteiger charge is 2.04. The first-order chi connectivity index (χ1) is 7.20.